The first-order valence-electron chi connectivity index (χ1n) is 11.5. The molecular formula is C28H27N3O3. The SMILES string of the molecule is O=C(CCc1cccnc1)NCCCCN1C(=O)C(c2ccccc2)=C(c2ccccc2)C1=O. The van der Waals surface area contributed by atoms with Crippen LogP contribution in [0.5, 0.6) is 0 Å². The number of hydrogen-bond donors (Lipinski definition) is 1. The summed E-state index contributed by atoms with van der Waals surface area (Å²) in [5.41, 5.74) is 3.40. The van der Waals surface area contributed by atoms with Gasteiger partial charge in [0, 0.05) is 31.9 Å². The molecular weight excluding hydrogens is 426 g/mol. The molecule has 0 atom stereocenters. The average Bonchev–Trinajstić information content (AvgIpc) is 3.13. The van der Waals surface area contributed by atoms with Gasteiger partial charge in [0.05, 0.1) is 11.1 Å². The summed E-state index contributed by atoms with van der Waals surface area (Å²) in [4.78, 5) is 44.0. The van der Waals surface area contributed by atoms with Crippen molar-refractivity contribution in [3.63, 3.8) is 0 Å². The van der Waals surface area contributed by atoms with E-state index in [1.165, 1.54) is 4.90 Å². The van der Waals surface area contributed by atoms with E-state index >= 15 is 0 Å². The number of carbonyl (C=O) groups excluding carboxylic acids is 3. The van der Waals surface area contributed by atoms with Crippen LogP contribution in [0.3, 0.4) is 0 Å². The molecule has 2 aromatic carbocycles. The standard InChI is InChI=1S/C28H27N3O3/c32-24(16-15-21-10-9-17-29-20-21)30-18-7-8-19-31-27(33)25(22-11-3-1-4-12-22)26(28(31)34)23-13-5-2-6-14-23/h1-6,9-14,17,20H,7-8,15-16,18-19H2,(H,30,32). The van der Waals surface area contributed by atoms with Crippen LogP contribution in [0.4, 0.5) is 0 Å². The van der Waals surface area contributed by atoms with E-state index < -0.39 is 0 Å². The highest BCUT2D eigenvalue weighted by Crippen LogP contribution is 2.35. The van der Waals surface area contributed by atoms with Crippen LogP contribution >= 0.6 is 0 Å². The second-order valence-corrected chi connectivity index (χ2v) is 8.16. The summed E-state index contributed by atoms with van der Waals surface area (Å²) in [6.45, 7) is 0.822. The number of rotatable bonds is 10. The van der Waals surface area contributed by atoms with Crippen LogP contribution in [0.2, 0.25) is 0 Å². The van der Waals surface area contributed by atoms with E-state index in [1.807, 2.05) is 72.8 Å². The summed E-state index contributed by atoms with van der Waals surface area (Å²) in [6, 6.07) is 22.5. The van der Waals surface area contributed by atoms with Gasteiger partial charge in [0.1, 0.15) is 0 Å². The molecule has 0 saturated carbocycles. The largest absolute Gasteiger partial charge is 0.356 e. The van der Waals surface area contributed by atoms with Crippen molar-refractivity contribution in [2.75, 3.05) is 13.1 Å². The van der Waals surface area contributed by atoms with Crippen molar-refractivity contribution in [1.29, 1.82) is 0 Å². The zero-order chi connectivity index (χ0) is 23.8. The maximum absolute atomic E-state index is 13.3. The molecule has 6 heteroatoms. The number of carbonyl (C=O) groups is 3. The van der Waals surface area contributed by atoms with Gasteiger partial charge in [-0.2, -0.15) is 0 Å². The predicted molar refractivity (Wildman–Crippen MR) is 131 cm³/mol. The highest BCUT2D eigenvalue weighted by atomic mass is 16.2. The van der Waals surface area contributed by atoms with Crippen molar-refractivity contribution in [2.45, 2.75) is 25.7 Å². The zero-order valence-corrected chi connectivity index (χ0v) is 18.9. The summed E-state index contributed by atoms with van der Waals surface area (Å²) in [5, 5.41) is 2.91. The van der Waals surface area contributed by atoms with Gasteiger partial charge in [-0.25, -0.2) is 0 Å². The number of nitrogens with zero attached hydrogens (tertiary/aromatic N) is 2. The van der Waals surface area contributed by atoms with Gasteiger partial charge in [-0.1, -0.05) is 66.7 Å². The second-order valence-electron chi connectivity index (χ2n) is 8.16. The first kappa shape index (κ1) is 23.1. The van der Waals surface area contributed by atoms with Gasteiger partial charge in [-0.05, 0) is 42.0 Å². The number of aryl methyl sites for hydroxylation is 1. The van der Waals surface area contributed by atoms with E-state index in [4.69, 9.17) is 0 Å². The molecule has 3 amide bonds. The monoisotopic (exact) mass is 453 g/mol. The molecule has 0 bridgehead atoms. The van der Waals surface area contributed by atoms with Gasteiger partial charge in [-0.3, -0.25) is 24.3 Å². The van der Waals surface area contributed by atoms with Crippen molar-refractivity contribution in [3.8, 4) is 0 Å². The summed E-state index contributed by atoms with van der Waals surface area (Å²) < 4.78 is 0. The van der Waals surface area contributed by atoms with Gasteiger partial charge in [-0.15, -0.1) is 0 Å². The Morgan fingerprint density at radius 3 is 1.97 bits per heavy atom. The summed E-state index contributed by atoms with van der Waals surface area (Å²) in [7, 11) is 0. The molecule has 0 aliphatic carbocycles. The third kappa shape index (κ3) is 5.46. The Hall–Kier alpha value is -4.06. The summed E-state index contributed by atoms with van der Waals surface area (Å²) in [5.74, 6) is -0.553. The Kier molecular flexibility index (Phi) is 7.60. The van der Waals surface area contributed by atoms with Crippen molar-refractivity contribution in [2.24, 2.45) is 0 Å². The zero-order valence-electron chi connectivity index (χ0n) is 18.9. The molecule has 3 aromatic rings. The van der Waals surface area contributed by atoms with Gasteiger partial charge in [0.15, 0.2) is 0 Å². The number of benzene rings is 2. The number of pyridine rings is 1. The van der Waals surface area contributed by atoms with E-state index in [9.17, 15) is 14.4 Å². The minimum atomic E-state index is -0.268. The molecule has 6 nitrogen and oxygen atoms in total. The fourth-order valence-electron chi connectivity index (χ4n) is 4.04. The van der Waals surface area contributed by atoms with Crippen molar-refractivity contribution < 1.29 is 14.4 Å². The maximum Gasteiger partial charge on any atom is 0.262 e. The van der Waals surface area contributed by atoms with Crippen LogP contribution in [0, 0.1) is 0 Å². The van der Waals surface area contributed by atoms with Crippen LogP contribution in [-0.4, -0.2) is 40.7 Å². The molecule has 2 heterocycles. The van der Waals surface area contributed by atoms with E-state index in [0.29, 0.717) is 49.9 Å². The molecule has 0 radical (unpaired) electrons. The molecule has 0 spiro atoms. The number of imide groups is 1. The lowest BCUT2D eigenvalue weighted by Crippen LogP contribution is -2.33. The van der Waals surface area contributed by atoms with Crippen molar-refractivity contribution >= 4 is 28.9 Å². The van der Waals surface area contributed by atoms with E-state index in [0.717, 1.165) is 16.7 Å². The molecule has 0 unspecified atom stereocenters. The molecule has 0 fully saturated rings. The highest BCUT2D eigenvalue weighted by Gasteiger charge is 2.38. The first-order valence-corrected chi connectivity index (χ1v) is 11.5. The van der Waals surface area contributed by atoms with Crippen LogP contribution in [-0.2, 0) is 20.8 Å². The summed E-state index contributed by atoms with van der Waals surface area (Å²) in [6.07, 6.45) is 5.81. The molecule has 1 aliphatic rings. The Labute approximate surface area is 199 Å². The smallest absolute Gasteiger partial charge is 0.262 e. The maximum atomic E-state index is 13.3. The topological polar surface area (TPSA) is 79.4 Å². The van der Waals surface area contributed by atoms with Gasteiger partial charge in [0.2, 0.25) is 5.91 Å². The normalized spacial score (nSPS) is 13.5. The van der Waals surface area contributed by atoms with E-state index in [1.54, 1.807) is 12.4 Å². The van der Waals surface area contributed by atoms with E-state index in [-0.39, 0.29) is 17.7 Å². The Morgan fingerprint density at radius 1 is 0.794 bits per heavy atom. The molecule has 1 aliphatic heterocycles. The molecule has 172 valence electrons. The summed E-state index contributed by atoms with van der Waals surface area (Å²) >= 11 is 0. The van der Waals surface area contributed by atoms with Gasteiger partial charge >= 0.3 is 0 Å². The van der Waals surface area contributed by atoms with Crippen LogP contribution in [0.1, 0.15) is 36.0 Å². The molecule has 4 rings (SSSR count). The molecule has 1 N–H and O–H groups in total. The van der Waals surface area contributed by atoms with Crippen molar-refractivity contribution in [3.05, 3.63) is 102 Å². The lowest BCUT2D eigenvalue weighted by Gasteiger charge is -2.15. The molecule has 1 aromatic heterocycles. The fourth-order valence-corrected chi connectivity index (χ4v) is 4.04. The van der Waals surface area contributed by atoms with Crippen LogP contribution in [0.25, 0.3) is 11.1 Å². The minimum absolute atomic E-state index is 0.0171. The number of unbranched alkanes of at least 4 members (excludes halogenated alkanes) is 1. The third-order valence-corrected chi connectivity index (χ3v) is 5.79. The number of nitrogens with one attached hydrogen (secondary N) is 1. The molecule has 34 heavy (non-hydrogen) atoms. The average molecular weight is 454 g/mol. The number of amides is 3. The predicted octanol–water partition coefficient (Wildman–Crippen LogP) is 3.89. The van der Waals surface area contributed by atoms with Gasteiger partial charge in [0.25, 0.3) is 11.8 Å². The highest BCUT2D eigenvalue weighted by molar-refractivity contribution is 6.48. The quantitative estimate of drug-likeness (QED) is 0.373. The third-order valence-electron chi connectivity index (χ3n) is 5.79. The second kappa shape index (κ2) is 11.2. The van der Waals surface area contributed by atoms with E-state index in [2.05, 4.69) is 10.3 Å². The Bertz CT molecular complexity index is 1110. The van der Waals surface area contributed by atoms with Crippen molar-refractivity contribution in [1.82, 2.24) is 15.2 Å². The van der Waals surface area contributed by atoms with Gasteiger partial charge < -0.3 is 5.32 Å². The fraction of sp³-hybridized carbons (Fsp3) is 0.214. The lowest BCUT2D eigenvalue weighted by molar-refractivity contribution is -0.136. The Morgan fingerprint density at radius 2 is 1.41 bits per heavy atom. The number of hydrogen-bond acceptors (Lipinski definition) is 4. The Balaban J connectivity index is 1.32. The number of aromatic nitrogens is 1. The molecule has 0 saturated heterocycles. The van der Waals surface area contributed by atoms with Crippen LogP contribution < -0.4 is 5.32 Å². The minimum Gasteiger partial charge on any atom is -0.356 e. The first-order chi connectivity index (χ1) is 16.6. The van der Waals surface area contributed by atoms with Crippen LogP contribution in [0.15, 0.2) is 85.2 Å². The lowest BCUT2D eigenvalue weighted by atomic mass is 9.96.